The monoisotopic (exact) mass is 1710 g/mol. The molecule has 14 amide bonds. The Balaban J connectivity index is 2.38. The maximum atomic E-state index is 14.6. The lowest BCUT2D eigenvalue weighted by Crippen LogP contribution is -2.62. The van der Waals surface area contributed by atoms with Crippen molar-refractivity contribution < 1.29 is 86.9 Å². The van der Waals surface area contributed by atoms with Crippen molar-refractivity contribution in [3.05, 3.63) is 71.8 Å². The Hall–Kier alpha value is -11.5. The number of carboxylic acids is 1. The van der Waals surface area contributed by atoms with Crippen molar-refractivity contribution in [1.29, 1.82) is 16.2 Å². The molecule has 45 heteroatoms. The second kappa shape index (κ2) is 56.8. The van der Waals surface area contributed by atoms with Crippen LogP contribution < -0.4 is 119 Å². The summed E-state index contributed by atoms with van der Waals surface area (Å²) in [7, 11) is 0. The second-order valence-electron chi connectivity index (χ2n) is 28.1. The Morgan fingerprint density at radius 3 is 1.24 bits per heavy atom. The molecular weight excluding hydrogens is 1590 g/mol. The molecule has 2 rings (SSSR count). The number of aliphatic carboxylic acids is 1. The zero-order valence-corrected chi connectivity index (χ0v) is 69.3. The van der Waals surface area contributed by atoms with Crippen LogP contribution in [0.15, 0.2) is 60.7 Å². The Labute approximate surface area is 701 Å². The van der Waals surface area contributed by atoms with E-state index in [2.05, 4.69) is 116 Å². The first-order valence-electron chi connectivity index (χ1n) is 38.9. The van der Waals surface area contributed by atoms with Gasteiger partial charge in [-0.25, -0.2) is 0 Å². The molecule has 2 aromatic rings. The molecule has 15 atom stereocenters. The summed E-state index contributed by atoms with van der Waals surface area (Å²) in [5, 5.41) is 84.8. The zero-order chi connectivity index (χ0) is 89.3. The number of hydrogen-bond acceptors (Lipinski definition) is 24. The van der Waals surface area contributed by atoms with Gasteiger partial charge in [-0.3, -0.25) is 88.1 Å². The number of carbonyl (C=O) groups excluding carboxylic acids is 15. The maximum Gasteiger partial charge on any atom is 0.305 e. The fourth-order valence-corrected chi connectivity index (χ4v) is 11.8. The number of nitrogens with one attached hydrogen (secondary N) is 20. The number of aliphatic hydroxyl groups is 1. The summed E-state index contributed by atoms with van der Waals surface area (Å²) in [6.45, 7) is 5.94. The maximum absolute atomic E-state index is 14.6. The molecule has 0 saturated heterocycles. The molecular formula is C74H121N25O18S2. The summed E-state index contributed by atoms with van der Waals surface area (Å²) < 4.78 is 0. The van der Waals surface area contributed by atoms with Gasteiger partial charge in [-0.05, 0) is 94.2 Å². The summed E-state index contributed by atoms with van der Waals surface area (Å²) in [6, 6.07) is -1.63. The van der Waals surface area contributed by atoms with Crippen molar-refractivity contribution in [1.82, 2.24) is 90.4 Å². The Morgan fingerprint density at radius 2 is 0.790 bits per heavy atom. The van der Waals surface area contributed by atoms with E-state index in [-0.39, 0.29) is 108 Å². The second-order valence-corrected chi connectivity index (χ2v) is 28.9. The Morgan fingerprint density at radius 1 is 0.420 bits per heavy atom. The molecule has 0 spiro atoms. The summed E-state index contributed by atoms with van der Waals surface area (Å²) in [4.78, 5) is 219. The topological polar surface area (TPSA) is 720 Å². The zero-order valence-electron chi connectivity index (χ0n) is 67.5. The van der Waals surface area contributed by atoms with Crippen LogP contribution in [0.5, 0.6) is 0 Å². The van der Waals surface area contributed by atoms with E-state index < -0.39 is 217 Å². The van der Waals surface area contributed by atoms with Crippen LogP contribution in [0.1, 0.15) is 123 Å². The van der Waals surface area contributed by atoms with Gasteiger partial charge in [0, 0.05) is 44.0 Å². The van der Waals surface area contributed by atoms with Gasteiger partial charge < -0.3 is 134 Å². The molecule has 0 saturated carbocycles. The smallest absolute Gasteiger partial charge is 0.305 e. The molecule has 0 radical (unpaired) electrons. The molecule has 0 heterocycles. The first kappa shape index (κ1) is 104. The molecule has 0 aliphatic rings. The van der Waals surface area contributed by atoms with Gasteiger partial charge in [0.1, 0.15) is 78.8 Å². The van der Waals surface area contributed by atoms with Gasteiger partial charge in [-0.2, -0.15) is 25.3 Å². The van der Waals surface area contributed by atoms with E-state index in [1.54, 1.807) is 81.4 Å². The van der Waals surface area contributed by atoms with Gasteiger partial charge in [-0.1, -0.05) is 101 Å². The van der Waals surface area contributed by atoms with E-state index in [1.165, 1.54) is 13.8 Å². The van der Waals surface area contributed by atoms with E-state index in [4.69, 9.17) is 44.9 Å². The van der Waals surface area contributed by atoms with E-state index in [0.29, 0.717) is 36.7 Å². The van der Waals surface area contributed by atoms with E-state index in [0.717, 1.165) is 0 Å². The van der Waals surface area contributed by atoms with Crippen LogP contribution in [0.4, 0.5) is 0 Å². The van der Waals surface area contributed by atoms with Gasteiger partial charge in [0.05, 0.1) is 32.2 Å². The van der Waals surface area contributed by atoms with Gasteiger partial charge >= 0.3 is 5.97 Å². The molecule has 0 fully saturated rings. The lowest BCUT2D eigenvalue weighted by Gasteiger charge is -2.30. The van der Waals surface area contributed by atoms with Crippen LogP contribution in [-0.2, 0) is 89.6 Å². The summed E-state index contributed by atoms with van der Waals surface area (Å²) in [5.41, 5.74) is 28.7. The van der Waals surface area contributed by atoms with Gasteiger partial charge in [0.15, 0.2) is 17.9 Å². The summed E-state index contributed by atoms with van der Waals surface area (Å²) in [5.74, 6) is -17.9. The Kier molecular flexibility index (Phi) is 49.5. The molecule has 2 aromatic carbocycles. The molecule has 662 valence electrons. The van der Waals surface area contributed by atoms with Crippen molar-refractivity contribution in [2.24, 2.45) is 40.5 Å². The van der Waals surface area contributed by atoms with E-state index in [1.807, 2.05) is 0 Å². The number of aliphatic hydroxyl groups excluding tert-OH is 1. The highest BCUT2D eigenvalue weighted by molar-refractivity contribution is 7.80. The quantitative estimate of drug-likeness (QED) is 0.00962. The number of carboxylic acid groups (broad SMARTS) is 1. The molecule has 0 unspecified atom stereocenters. The van der Waals surface area contributed by atoms with Crippen LogP contribution in [-0.4, -0.2) is 259 Å². The number of thiol groups is 2. The number of rotatable bonds is 58. The number of carbonyl (C=O) groups is 16. The minimum Gasteiger partial charge on any atom is -0.481 e. The van der Waals surface area contributed by atoms with Gasteiger partial charge in [0.2, 0.25) is 82.7 Å². The highest BCUT2D eigenvalue weighted by Crippen LogP contribution is 2.15. The number of aldehydes is 1. The van der Waals surface area contributed by atoms with Crippen LogP contribution in [0.3, 0.4) is 0 Å². The molecule has 43 nitrogen and oxygen atoms in total. The van der Waals surface area contributed by atoms with E-state index >= 15 is 0 Å². The van der Waals surface area contributed by atoms with Gasteiger partial charge in [0.25, 0.3) is 0 Å². The first-order valence-corrected chi connectivity index (χ1v) is 40.2. The average Bonchev–Trinajstić information content (AvgIpc) is 0.819. The number of guanidine groups is 3. The lowest BCUT2D eigenvalue weighted by atomic mass is 9.96. The fourth-order valence-electron chi connectivity index (χ4n) is 11.3. The number of unbranched alkanes of at least 4 members (excludes halogenated alkanes) is 1. The number of benzene rings is 2. The summed E-state index contributed by atoms with van der Waals surface area (Å²) in [6.07, 6.45) is 0.663. The van der Waals surface area contributed by atoms with Crippen molar-refractivity contribution >= 4 is 138 Å². The van der Waals surface area contributed by atoms with Crippen LogP contribution >= 0.6 is 25.3 Å². The molecule has 32 N–H and O–H groups in total. The van der Waals surface area contributed by atoms with Crippen molar-refractivity contribution in [2.45, 2.75) is 203 Å². The average molecular weight is 1710 g/mol. The third-order valence-corrected chi connectivity index (χ3v) is 19.3. The van der Waals surface area contributed by atoms with Gasteiger partial charge in [-0.15, -0.1) is 0 Å². The summed E-state index contributed by atoms with van der Waals surface area (Å²) >= 11 is 8.51. The fraction of sp³-hybridized carbons (Fsp3) is 0.581. The number of nitrogens with two attached hydrogens (primary N) is 5. The van der Waals surface area contributed by atoms with Crippen LogP contribution in [0, 0.1) is 28.1 Å². The highest BCUT2D eigenvalue weighted by Gasteiger charge is 2.38. The predicted molar refractivity (Wildman–Crippen MR) is 446 cm³/mol. The Bertz CT molecular complexity index is 3710. The minimum absolute atomic E-state index is 0.000181. The minimum atomic E-state index is -1.98. The first-order chi connectivity index (χ1) is 56.4. The molecule has 0 bridgehead atoms. The SMILES string of the molecule is CC[C@H](C)[C@H](NC(=O)[C@H](CCCNC(=N)N)NC(=O)CNC(=O)CNC(=O)[C@H](Cc1ccccc1)NC(=O)[C@@H](C)NC(=O)[C@H](CS)NC(=O)[C@H](CCCCN)NC(=O)[C@@H](N)CO)C(=O)N[C@@H](CC(=O)O)C(=O)N[C@@H](CCCNC(=N)N)C(=O)N[C@H](C(=O)N[C@@H](CS)C(=O)N[C@@H](Cc1ccccc1)C(=O)N[C@H](C=O)CCCNC(=N)N)[C@@H](C)CC. The van der Waals surface area contributed by atoms with Crippen molar-refractivity contribution in [2.75, 3.05) is 57.4 Å². The molecule has 0 aromatic heterocycles. The number of hydrogen-bond donors (Lipinski definition) is 29. The van der Waals surface area contributed by atoms with Crippen LogP contribution in [0.25, 0.3) is 0 Å². The van der Waals surface area contributed by atoms with Crippen LogP contribution in [0.2, 0.25) is 0 Å². The number of amides is 14. The predicted octanol–water partition coefficient (Wildman–Crippen LogP) is -7.59. The molecule has 119 heavy (non-hydrogen) atoms. The largest absolute Gasteiger partial charge is 0.481 e. The van der Waals surface area contributed by atoms with Crippen molar-refractivity contribution in [3.63, 3.8) is 0 Å². The van der Waals surface area contributed by atoms with Crippen molar-refractivity contribution in [3.8, 4) is 0 Å². The molecule has 0 aliphatic carbocycles. The molecule has 0 aliphatic heterocycles. The standard InChI is InChI=1S/C74H121N25O18S2/c1-6-40(3)58(70(116)95-52(33-57(104)105)67(113)92-49(26-18-30-85-74(81)82)65(111)99-59(41(4)7-2)71(117)97-54(39-119)69(115)94-51(32-44-21-12-9-13-22-44)66(112)89-45(36-100)23-16-28-83-72(77)78)98-64(110)47(25-17-29-84-73(79)80)90-56(103)35-86-55(102)34-87-62(108)50(31-43-19-10-8-11-20-43)93-60(106)42(5)88-68(114)53(38-118)96-63(109)48(24-14-15-27-75)91-61(107)46(76)37-101/h8-13,19-22,36,40-42,45-54,58-59,101,118-119H,6-7,14-18,23-35,37-39,75-76H2,1-5H3,(H,86,102)(H,87,108)(H,88,114)(H,89,112)(H,90,103)(H,91,107)(H,92,113)(H,93,106)(H,94,115)(H,95,116)(H,96,109)(H,97,117)(H,98,110)(H,99,111)(H,104,105)(H4,77,78,83)(H4,79,80,84)(H4,81,82,85)/t40-,41-,42+,45-,46-,47-,48-,49-,50-,51-,52-,53-,54-,58-,59-/m0/s1. The third-order valence-electron chi connectivity index (χ3n) is 18.5. The highest BCUT2D eigenvalue weighted by atomic mass is 32.1. The normalized spacial score (nSPS) is 14.7. The third kappa shape index (κ3) is 41.0. The lowest BCUT2D eigenvalue weighted by molar-refractivity contribution is -0.142. The van der Waals surface area contributed by atoms with E-state index in [9.17, 15) is 86.9 Å².